The predicted molar refractivity (Wildman–Crippen MR) is 80.4 cm³/mol. The molecule has 7 heteroatoms. The maximum absolute atomic E-state index is 11.5. The lowest BCUT2D eigenvalue weighted by atomic mass is 10.2. The molecule has 0 fully saturated rings. The highest BCUT2D eigenvalue weighted by atomic mass is 32.2. The summed E-state index contributed by atoms with van der Waals surface area (Å²) in [6.07, 6.45) is 2.98. The molecular formula is C14H20N2O4S. The van der Waals surface area contributed by atoms with Crippen LogP contribution in [0, 0.1) is 0 Å². The number of hydrogen-bond acceptors (Lipinski definition) is 5. The van der Waals surface area contributed by atoms with Gasteiger partial charge in [-0.2, -0.15) is 0 Å². The fourth-order valence-corrected chi connectivity index (χ4v) is 2.34. The summed E-state index contributed by atoms with van der Waals surface area (Å²) in [5.41, 5.74) is 0. The molecule has 0 bridgehead atoms. The summed E-state index contributed by atoms with van der Waals surface area (Å²) < 4.78 is 4.90. The summed E-state index contributed by atoms with van der Waals surface area (Å²) in [5, 5.41) is 12.3. The molecule has 21 heavy (non-hydrogen) atoms. The van der Waals surface area contributed by atoms with Gasteiger partial charge in [0.05, 0.1) is 11.6 Å². The van der Waals surface area contributed by atoms with E-state index in [-0.39, 0.29) is 0 Å². The second kappa shape index (κ2) is 10.0. The third kappa shape index (κ3) is 7.55. The lowest BCUT2D eigenvalue weighted by Crippen LogP contribution is -2.41. The third-order valence-corrected chi connectivity index (χ3v) is 3.59. The number of alkyl carbamates (subject to hydrolysis) is 1. The smallest absolute Gasteiger partial charge is 0.407 e. The fourth-order valence-electron chi connectivity index (χ4n) is 1.46. The van der Waals surface area contributed by atoms with Crippen LogP contribution in [-0.4, -0.2) is 40.6 Å². The molecule has 1 rings (SSSR count). The second-order valence-electron chi connectivity index (χ2n) is 4.33. The monoisotopic (exact) mass is 312 g/mol. The Morgan fingerprint density at radius 1 is 1.48 bits per heavy atom. The minimum absolute atomic E-state index is 0.303. The Balaban J connectivity index is 2.32. The number of aromatic nitrogens is 1. The SMILES string of the molecule is CCCCOC(=O)NC(CCSc1ccccn1)C(=O)O. The summed E-state index contributed by atoms with van der Waals surface area (Å²) in [4.78, 5) is 26.7. The molecule has 0 spiro atoms. The number of rotatable bonds is 9. The Kier molecular flexibility index (Phi) is 8.27. The topological polar surface area (TPSA) is 88.5 Å². The van der Waals surface area contributed by atoms with Gasteiger partial charge in [0.1, 0.15) is 6.04 Å². The molecule has 2 N–H and O–H groups in total. The fraction of sp³-hybridized carbons (Fsp3) is 0.500. The first-order chi connectivity index (χ1) is 10.1. The Labute approximate surface area is 128 Å². The number of hydrogen-bond donors (Lipinski definition) is 2. The number of nitrogens with zero attached hydrogens (tertiary/aromatic N) is 1. The first-order valence-corrected chi connectivity index (χ1v) is 7.82. The number of amides is 1. The number of pyridine rings is 1. The van der Waals surface area contributed by atoms with Crippen LogP contribution in [0.2, 0.25) is 0 Å². The van der Waals surface area contributed by atoms with Crippen molar-refractivity contribution in [1.29, 1.82) is 0 Å². The first-order valence-electron chi connectivity index (χ1n) is 6.83. The molecule has 116 valence electrons. The van der Waals surface area contributed by atoms with Crippen LogP contribution in [0.15, 0.2) is 29.4 Å². The van der Waals surface area contributed by atoms with Crippen molar-refractivity contribution in [2.24, 2.45) is 0 Å². The molecule has 0 saturated carbocycles. The zero-order chi connectivity index (χ0) is 15.5. The molecule has 0 saturated heterocycles. The number of carboxylic acid groups (broad SMARTS) is 1. The Morgan fingerprint density at radius 3 is 2.90 bits per heavy atom. The van der Waals surface area contributed by atoms with E-state index in [4.69, 9.17) is 9.84 Å². The van der Waals surface area contributed by atoms with Crippen molar-refractivity contribution in [2.45, 2.75) is 37.3 Å². The molecule has 6 nitrogen and oxygen atoms in total. The molecule has 1 aromatic heterocycles. The third-order valence-electron chi connectivity index (χ3n) is 2.62. The van der Waals surface area contributed by atoms with Gasteiger partial charge >= 0.3 is 12.1 Å². The summed E-state index contributed by atoms with van der Waals surface area (Å²) in [5.74, 6) is -0.521. The van der Waals surface area contributed by atoms with Gasteiger partial charge in [-0.05, 0) is 25.0 Å². The quantitative estimate of drug-likeness (QED) is 0.538. The van der Waals surface area contributed by atoms with Crippen LogP contribution in [0.25, 0.3) is 0 Å². The maximum atomic E-state index is 11.5. The number of aliphatic carboxylic acids is 1. The lowest BCUT2D eigenvalue weighted by Gasteiger charge is -2.14. The number of carboxylic acids is 1. The number of thioether (sulfide) groups is 1. The molecular weight excluding hydrogens is 292 g/mol. The highest BCUT2D eigenvalue weighted by Gasteiger charge is 2.20. The molecule has 1 aromatic rings. The van der Waals surface area contributed by atoms with Crippen molar-refractivity contribution in [3.05, 3.63) is 24.4 Å². The van der Waals surface area contributed by atoms with Crippen LogP contribution >= 0.6 is 11.8 Å². The predicted octanol–water partition coefficient (Wildman–Crippen LogP) is 2.54. The van der Waals surface area contributed by atoms with Crippen molar-refractivity contribution < 1.29 is 19.4 Å². The van der Waals surface area contributed by atoms with Crippen LogP contribution in [0.5, 0.6) is 0 Å². The summed E-state index contributed by atoms with van der Waals surface area (Å²) in [7, 11) is 0. The number of ether oxygens (including phenoxy) is 1. The molecule has 1 heterocycles. The van der Waals surface area contributed by atoms with E-state index in [1.165, 1.54) is 11.8 Å². The largest absolute Gasteiger partial charge is 0.480 e. The van der Waals surface area contributed by atoms with Crippen LogP contribution in [0.1, 0.15) is 26.2 Å². The Hall–Kier alpha value is -1.76. The van der Waals surface area contributed by atoms with Crippen LogP contribution in [0.4, 0.5) is 4.79 Å². The van der Waals surface area contributed by atoms with Crippen molar-refractivity contribution in [1.82, 2.24) is 10.3 Å². The molecule has 1 atom stereocenters. The minimum atomic E-state index is -1.07. The molecule has 0 radical (unpaired) electrons. The minimum Gasteiger partial charge on any atom is -0.480 e. The molecule has 1 unspecified atom stereocenters. The summed E-state index contributed by atoms with van der Waals surface area (Å²) in [6.45, 7) is 2.29. The van der Waals surface area contributed by atoms with E-state index in [0.717, 1.165) is 17.9 Å². The Bertz CT molecular complexity index is 442. The summed E-state index contributed by atoms with van der Waals surface area (Å²) >= 11 is 1.45. The van der Waals surface area contributed by atoms with E-state index in [1.807, 2.05) is 25.1 Å². The van der Waals surface area contributed by atoms with Crippen molar-refractivity contribution in [2.75, 3.05) is 12.4 Å². The number of carbonyl (C=O) groups is 2. The molecule has 1 amide bonds. The van der Waals surface area contributed by atoms with Gasteiger partial charge in [0.15, 0.2) is 0 Å². The van der Waals surface area contributed by atoms with E-state index in [9.17, 15) is 9.59 Å². The van der Waals surface area contributed by atoms with Gasteiger partial charge in [-0.25, -0.2) is 14.6 Å². The maximum Gasteiger partial charge on any atom is 0.407 e. The molecule has 0 aliphatic heterocycles. The average Bonchev–Trinajstić information content (AvgIpc) is 2.47. The zero-order valence-corrected chi connectivity index (χ0v) is 12.8. The van der Waals surface area contributed by atoms with Crippen LogP contribution in [-0.2, 0) is 9.53 Å². The number of carbonyl (C=O) groups excluding carboxylic acids is 1. The van der Waals surface area contributed by atoms with Gasteiger partial charge in [0, 0.05) is 11.9 Å². The normalized spacial score (nSPS) is 11.7. The van der Waals surface area contributed by atoms with E-state index in [0.29, 0.717) is 18.8 Å². The molecule has 0 aliphatic rings. The van der Waals surface area contributed by atoms with Gasteiger partial charge in [0.25, 0.3) is 0 Å². The van der Waals surface area contributed by atoms with Gasteiger partial charge in [0.2, 0.25) is 0 Å². The van der Waals surface area contributed by atoms with E-state index >= 15 is 0 Å². The van der Waals surface area contributed by atoms with Crippen molar-refractivity contribution >= 4 is 23.8 Å². The zero-order valence-electron chi connectivity index (χ0n) is 11.9. The van der Waals surface area contributed by atoms with E-state index < -0.39 is 18.1 Å². The van der Waals surface area contributed by atoms with Gasteiger partial charge in [-0.3, -0.25) is 0 Å². The summed E-state index contributed by atoms with van der Waals surface area (Å²) in [6, 6.07) is 4.59. The molecule has 0 aliphatic carbocycles. The standard InChI is InChI=1S/C14H20N2O4S/c1-2-3-9-20-14(19)16-11(13(17)18)7-10-21-12-6-4-5-8-15-12/h4-6,8,11H,2-3,7,9-10H2,1H3,(H,16,19)(H,17,18). The van der Waals surface area contributed by atoms with Gasteiger partial charge in [-0.15, -0.1) is 11.8 Å². The molecule has 0 aromatic carbocycles. The van der Waals surface area contributed by atoms with Crippen molar-refractivity contribution in [3.8, 4) is 0 Å². The second-order valence-corrected chi connectivity index (χ2v) is 5.44. The van der Waals surface area contributed by atoms with Crippen molar-refractivity contribution in [3.63, 3.8) is 0 Å². The first kappa shape index (κ1) is 17.3. The van der Waals surface area contributed by atoms with E-state index in [2.05, 4.69) is 10.3 Å². The highest BCUT2D eigenvalue weighted by molar-refractivity contribution is 7.99. The number of nitrogens with one attached hydrogen (secondary N) is 1. The number of unbranched alkanes of at least 4 members (excludes halogenated alkanes) is 1. The Morgan fingerprint density at radius 2 is 2.29 bits per heavy atom. The average molecular weight is 312 g/mol. The van der Waals surface area contributed by atoms with Gasteiger partial charge < -0.3 is 15.2 Å². The van der Waals surface area contributed by atoms with Crippen LogP contribution < -0.4 is 5.32 Å². The lowest BCUT2D eigenvalue weighted by molar-refractivity contribution is -0.139. The van der Waals surface area contributed by atoms with Gasteiger partial charge in [-0.1, -0.05) is 19.4 Å². The van der Waals surface area contributed by atoms with Crippen LogP contribution in [0.3, 0.4) is 0 Å². The highest BCUT2D eigenvalue weighted by Crippen LogP contribution is 2.15. The van der Waals surface area contributed by atoms with E-state index in [1.54, 1.807) is 6.20 Å².